The lowest BCUT2D eigenvalue weighted by Crippen LogP contribution is -2.32. The van der Waals surface area contributed by atoms with E-state index in [2.05, 4.69) is 47.2 Å². The number of aliphatic hydroxyl groups excluding tert-OH is 1. The Morgan fingerprint density at radius 1 is 1.29 bits per heavy atom. The van der Waals surface area contributed by atoms with E-state index in [1.165, 1.54) is 24.8 Å². The molecule has 0 aliphatic rings. The Morgan fingerprint density at radius 2 is 2.10 bits per heavy atom. The van der Waals surface area contributed by atoms with Crippen LogP contribution in [0.15, 0.2) is 28.7 Å². The summed E-state index contributed by atoms with van der Waals surface area (Å²) >= 11 is 3.47. The summed E-state index contributed by atoms with van der Waals surface area (Å²) in [5.41, 5.74) is 1.21. The van der Waals surface area contributed by atoms with Gasteiger partial charge in [-0.1, -0.05) is 54.2 Å². The molecule has 0 saturated heterocycles. The van der Waals surface area contributed by atoms with Crippen LogP contribution in [0.5, 0.6) is 0 Å². The Bertz CT molecular complexity index is 387. The molecule has 1 rings (SSSR count). The second kappa shape index (κ2) is 11.2. The third-order valence-corrected chi connectivity index (χ3v) is 3.95. The number of hydrogen-bond donors (Lipinski definition) is 2. The molecule has 0 amide bonds. The van der Waals surface area contributed by atoms with Crippen LogP contribution in [0, 0.1) is 0 Å². The fraction of sp³-hybridized carbons (Fsp3) is 0.647. The van der Waals surface area contributed by atoms with Crippen LogP contribution in [0.25, 0.3) is 0 Å². The van der Waals surface area contributed by atoms with Crippen LogP contribution in [0.2, 0.25) is 0 Å². The molecule has 0 aliphatic carbocycles. The minimum Gasteiger partial charge on any atom is -0.389 e. The average molecular weight is 358 g/mol. The number of ether oxygens (including phenoxy) is 1. The number of halogens is 1. The van der Waals surface area contributed by atoms with Gasteiger partial charge in [-0.2, -0.15) is 0 Å². The predicted molar refractivity (Wildman–Crippen MR) is 91.5 cm³/mol. The molecular weight excluding hydrogens is 330 g/mol. The van der Waals surface area contributed by atoms with Gasteiger partial charge in [-0.25, -0.2) is 0 Å². The summed E-state index contributed by atoms with van der Waals surface area (Å²) in [7, 11) is 0. The Labute approximate surface area is 137 Å². The SMILES string of the molecule is CCCCCCOCC(O)CN[C@H](C)c1cccc(Br)c1. The summed E-state index contributed by atoms with van der Waals surface area (Å²) in [4.78, 5) is 0. The van der Waals surface area contributed by atoms with Gasteiger partial charge in [0, 0.05) is 23.7 Å². The lowest BCUT2D eigenvalue weighted by Gasteiger charge is -2.18. The van der Waals surface area contributed by atoms with E-state index in [0.717, 1.165) is 17.5 Å². The monoisotopic (exact) mass is 357 g/mol. The summed E-state index contributed by atoms with van der Waals surface area (Å²) < 4.78 is 6.58. The first-order chi connectivity index (χ1) is 10.1. The molecule has 2 N–H and O–H groups in total. The molecule has 3 nitrogen and oxygen atoms in total. The molecule has 1 unspecified atom stereocenters. The number of benzene rings is 1. The summed E-state index contributed by atoms with van der Waals surface area (Å²) in [6.45, 7) is 5.99. The molecule has 0 spiro atoms. The lowest BCUT2D eigenvalue weighted by atomic mass is 10.1. The maximum atomic E-state index is 9.91. The minimum absolute atomic E-state index is 0.210. The molecule has 1 aromatic rings. The van der Waals surface area contributed by atoms with Gasteiger partial charge in [0.25, 0.3) is 0 Å². The quantitative estimate of drug-likeness (QED) is 0.586. The molecular formula is C17H28BrNO2. The minimum atomic E-state index is -0.453. The summed E-state index contributed by atoms with van der Waals surface area (Å²) in [6.07, 6.45) is 4.34. The highest BCUT2D eigenvalue weighted by molar-refractivity contribution is 9.10. The van der Waals surface area contributed by atoms with E-state index in [4.69, 9.17) is 4.74 Å². The van der Waals surface area contributed by atoms with E-state index >= 15 is 0 Å². The maximum absolute atomic E-state index is 9.91. The fourth-order valence-corrected chi connectivity index (χ4v) is 2.53. The third-order valence-electron chi connectivity index (χ3n) is 3.46. The number of nitrogens with one attached hydrogen (secondary N) is 1. The van der Waals surface area contributed by atoms with Gasteiger partial charge in [-0.05, 0) is 31.0 Å². The maximum Gasteiger partial charge on any atom is 0.0897 e. The molecule has 2 atom stereocenters. The average Bonchev–Trinajstić information content (AvgIpc) is 2.48. The molecule has 21 heavy (non-hydrogen) atoms. The van der Waals surface area contributed by atoms with Crippen LogP contribution in [-0.2, 0) is 4.74 Å². The van der Waals surface area contributed by atoms with E-state index in [9.17, 15) is 5.11 Å². The molecule has 0 bridgehead atoms. The van der Waals surface area contributed by atoms with Crippen molar-refractivity contribution in [3.8, 4) is 0 Å². The van der Waals surface area contributed by atoms with Crippen LogP contribution < -0.4 is 5.32 Å². The molecule has 0 radical (unpaired) electrons. The highest BCUT2D eigenvalue weighted by Gasteiger charge is 2.09. The Hall–Kier alpha value is -0.420. The molecule has 0 fully saturated rings. The standard InChI is InChI=1S/C17H28BrNO2/c1-3-4-5-6-10-21-13-17(20)12-19-14(2)15-8-7-9-16(18)11-15/h7-9,11,14,17,19-20H,3-6,10,12-13H2,1-2H3/t14-,17?/m1/s1. The van der Waals surface area contributed by atoms with E-state index in [1.807, 2.05) is 12.1 Å². The zero-order valence-electron chi connectivity index (χ0n) is 13.1. The lowest BCUT2D eigenvalue weighted by molar-refractivity contribution is 0.0343. The van der Waals surface area contributed by atoms with Crippen LogP contribution >= 0.6 is 15.9 Å². The Kier molecular flexibility index (Phi) is 9.92. The molecule has 0 aromatic heterocycles. The van der Waals surface area contributed by atoms with Gasteiger partial charge in [0.15, 0.2) is 0 Å². The molecule has 1 aromatic carbocycles. The Balaban J connectivity index is 2.13. The zero-order valence-corrected chi connectivity index (χ0v) is 14.7. The van der Waals surface area contributed by atoms with Gasteiger partial charge in [0.1, 0.15) is 0 Å². The highest BCUT2D eigenvalue weighted by Crippen LogP contribution is 2.17. The first-order valence-corrected chi connectivity index (χ1v) is 8.67. The molecule has 0 aliphatic heterocycles. The van der Waals surface area contributed by atoms with E-state index < -0.39 is 6.10 Å². The van der Waals surface area contributed by atoms with Gasteiger partial charge < -0.3 is 15.2 Å². The van der Waals surface area contributed by atoms with Crippen molar-refractivity contribution in [2.75, 3.05) is 19.8 Å². The van der Waals surface area contributed by atoms with E-state index in [-0.39, 0.29) is 6.04 Å². The van der Waals surface area contributed by atoms with Crippen molar-refractivity contribution in [1.82, 2.24) is 5.32 Å². The zero-order chi connectivity index (χ0) is 15.5. The first-order valence-electron chi connectivity index (χ1n) is 7.88. The number of rotatable bonds is 11. The number of unbranched alkanes of at least 4 members (excludes halogenated alkanes) is 3. The predicted octanol–water partition coefficient (Wildman–Crippen LogP) is 4.06. The Morgan fingerprint density at radius 3 is 2.81 bits per heavy atom. The van der Waals surface area contributed by atoms with Crippen LogP contribution in [0.3, 0.4) is 0 Å². The van der Waals surface area contributed by atoms with Crippen LogP contribution in [-0.4, -0.2) is 31.0 Å². The topological polar surface area (TPSA) is 41.5 Å². The molecule has 4 heteroatoms. The van der Waals surface area contributed by atoms with Crippen LogP contribution in [0.1, 0.15) is 51.1 Å². The third kappa shape index (κ3) is 8.57. The van der Waals surface area contributed by atoms with Crippen molar-refractivity contribution in [3.05, 3.63) is 34.3 Å². The molecule has 120 valence electrons. The van der Waals surface area contributed by atoms with Crippen molar-refractivity contribution < 1.29 is 9.84 Å². The van der Waals surface area contributed by atoms with Crippen molar-refractivity contribution in [2.45, 2.75) is 51.7 Å². The fourth-order valence-electron chi connectivity index (χ4n) is 2.12. The van der Waals surface area contributed by atoms with Gasteiger partial charge in [-0.3, -0.25) is 0 Å². The van der Waals surface area contributed by atoms with E-state index in [1.54, 1.807) is 0 Å². The smallest absolute Gasteiger partial charge is 0.0897 e. The van der Waals surface area contributed by atoms with Gasteiger partial charge in [0.2, 0.25) is 0 Å². The normalized spacial score (nSPS) is 14.1. The van der Waals surface area contributed by atoms with Gasteiger partial charge >= 0.3 is 0 Å². The van der Waals surface area contributed by atoms with Crippen LogP contribution in [0.4, 0.5) is 0 Å². The van der Waals surface area contributed by atoms with Crippen molar-refractivity contribution in [1.29, 1.82) is 0 Å². The summed E-state index contributed by atoms with van der Waals surface area (Å²) in [5, 5.41) is 13.2. The van der Waals surface area contributed by atoms with Crippen molar-refractivity contribution in [2.24, 2.45) is 0 Å². The second-order valence-electron chi connectivity index (χ2n) is 5.47. The van der Waals surface area contributed by atoms with Crippen molar-refractivity contribution >= 4 is 15.9 Å². The van der Waals surface area contributed by atoms with Gasteiger partial charge in [-0.15, -0.1) is 0 Å². The van der Waals surface area contributed by atoms with E-state index in [0.29, 0.717) is 13.2 Å². The molecule has 0 saturated carbocycles. The summed E-state index contributed by atoms with van der Waals surface area (Å²) in [5.74, 6) is 0. The second-order valence-corrected chi connectivity index (χ2v) is 6.39. The largest absolute Gasteiger partial charge is 0.389 e. The number of hydrogen-bond acceptors (Lipinski definition) is 3. The number of aliphatic hydroxyl groups is 1. The highest BCUT2D eigenvalue weighted by atomic mass is 79.9. The summed E-state index contributed by atoms with van der Waals surface area (Å²) in [6, 6.07) is 8.42. The molecule has 0 heterocycles. The van der Waals surface area contributed by atoms with Crippen molar-refractivity contribution in [3.63, 3.8) is 0 Å². The van der Waals surface area contributed by atoms with Gasteiger partial charge in [0.05, 0.1) is 12.7 Å². The first kappa shape index (κ1) is 18.6.